The van der Waals surface area contributed by atoms with Crippen molar-refractivity contribution in [3.63, 3.8) is 0 Å². The fourth-order valence-corrected chi connectivity index (χ4v) is 2.71. The number of rotatable bonds is 7. The van der Waals surface area contributed by atoms with Crippen LogP contribution in [0.4, 0.5) is 17.6 Å². The monoisotopic (exact) mass is 434 g/mol. The van der Waals surface area contributed by atoms with Crippen LogP contribution in [0.25, 0.3) is 5.69 Å². The van der Waals surface area contributed by atoms with Gasteiger partial charge in [-0.3, -0.25) is 9.59 Å². The second kappa shape index (κ2) is 9.41. The van der Waals surface area contributed by atoms with Gasteiger partial charge in [0, 0.05) is 24.8 Å². The molecule has 2 N–H and O–H groups in total. The Labute approximate surface area is 174 Å². The van der Waals surface area contributed by atoms with Crippen molar-refractivity contribution < 1.29 is 27.2 Å². The molecule has 3 rings (SSSR count). The van der Waals surface area contributed by atoms with Crippen LogP contribution in [0.3, 0.4) is 0 Å². The molecule has 0 saturated heterocycles. The summed E-state index contributed by atoms with van der Waals surface area (Å²) in [5, 5.41) is 8.75. The molecule has 2 aromatic carbocycles. The predicted molar refractivity (Wildman–Crippen MR) is 104 cm³/mol. The third-order valence-electron chi connectivity index (χ3n) is 4.28. The maximum Gasteiger partial charge on any atom is 0.435 e. The highest BCUT2D eigenvalue weighted by Crippen LogP contribution is 2.27. The van der Waals surface area contributed by atoms with Crippen LogP contribution in [0.5, 0.6) is 0 Å². The molecule has 2 amide bonds. The number of aromatic nitrogens is 2. The molecule has 0 bridgehead atoms. The van der Waals surface area contributed by atoms with Crippen molar-refractivity contribution in [1.29, 1.82) is 0 Å². The van der Waals surface area contributed by atoms with Gasteiger partial charge < -0.3 is 10.6 Å². The number of halogens is 4. The van der Waals surface area contributed by atoms with E-state index < -0.39 is 17.8 Å². The summed E-state index contributed by atoms with van der Waals surface area (Å²) in [5.74, 6) is -1.03. The van der Waals surface area contributed by atoms with Gasteiger partial charge in [0.05, 0.1) is 12.1 Å². The van der Waals surface area contributed by atoms with Crippen LogP contribution in [0.15, 0.2) is 60.8 Å². The molecule has 0 fully saturated rings. The molecule has 0 aliphatic heterocycles. The molecular weight excluding hydrogens is 416 g/mol. The number of nitrogens with zero attached hydrogens (tertiary/aromatic N) is 2. The molecular formula is C21H18F4N4O2. The maximum atomic E-state index is 12.9. The summed E-state index contributed by atoms with van der Waals surface area (Å²) in [7, 11) is 0. The molecule has 1 heterocycles. The number of amides is 2. The number of carbonyl (C=O) groups excluding carboxylic acids is 2. The highest BCUT2D eigenvalue weighted by molar-refractivity contribution is 5.94. The van der Waals surface area contributed by atoms with Crippen molar-refractivity contribution >= 4 is 11.8 Å². The van der Waals surface area contributed by atoms with Crippen molar-refractivity contribution in [3.8, 4) is 5.69 Å². The Bertz CT molecular complexity index is 1040. The molecule has 162 valence electrons. The SMILES string of the molecule is O=C(Cc1ccc(F)cc1)NCCNC(=O)c1ccc(-n2ccc(C(F)(F)F)n2)cc1. The van der Waals surface area contributed by atoms with Crippen molar-refractivity contribution in [1.82, 2.24) is 20.4 Å². The minimum absolute atomic E-state index is 0.0964. The number of alkyl halides is 3. The minimum atomic E-state index is -4.53. The largest absolute Gasteiger partial charge is 0.435 e. The smallest absolute Gasteiger partial charge is 0.354 e. The van der Waals surface area contributed by atoms with Gasteiger partial charge in [-0.1, -0.05) is 12.1 Å². The summed E-state index contributed by atoms with van der Waals surface area (Å²) in [5.41, 5.74) is 0.350. The zero-order valence-electron chi connectivity index (χ0n) is 16.1. The molecule has 10 heteroatoms. The standard InChI is InChI=1S/C21H18F4N4O2/c22-16-5-1-14(2-6-16)13-19(30)26-10-11-27-20(31)15-3-7-17(8-4-15)29-12-9-18(28-29)21(23,24)25/h1-9,12H,10-11,13H2,(H,26,30)(H,27,31). The van der Waals surface area contributed by atoms with E-state index in [2.05, 4.69) is 15.7 Å². The van der Waals surface area contributed by atoms with E-state index in [0.29, 0.717) is 16.8 Å². The third-order valence-corrected chi connectivity index (χ3v) is 4.28. The first-order chi connectivity index (χ1) is 14.7. The zero-order chi connectivity index (χ0) is 22.4. The lowest BCUT2D eigenvalue weighted by Crippen LogP contribution is -2.35. The Balaban J connectivity index is 1.45. The van der Waals surface area contributed by atoms with Gasteiger partial charge in [0.15, 0.2) is 5.69 Å². The maximum absolute atomic E-state index is 12.9. The lowest BCUT2D eigenvalue weighted by molar-refractivity contribution is -0.141. The van der Waals surface area contributed by atoms with Crippen LogP contribution in [0, 0.1) is 5.82 Å². The Morgan fingerprint density at radius 1 is 0.903 bits per heavy atom. The number of nitrogens with one attached hydrogen (secondary N) is 2. The highest BCUT2D eigenvalue weighted by Gasteiger charge is 2.33. The van der Waals surface area contributed by atoms with E-state index in [1.165, 1.54) is 54.7 Å². The minimum Gasteiger partial charge on any atom is -0.354 e. The van der Waals surface area contributed by atoms with Crippen LogP contribution in [-0.4, -0.2) is 34.7 Å². The van der Waals surface area contributed by atoms with Crippen molar-refractivity contribution in [2.75, 3.05) is 13.1 Å². The predicted octanol–water partition coefficient (Wildman–Crippen LogP) is 3.12. The Kier molecular flexibility index (Phi) is 6.68. The molecule has 0 aliphatic rings. The summed E-state index contributed by atoms with van der Waals surface area (Å²) in [6, 6.07) is 12.3. The zero-order valence-corrected chi connectivity index (χ0v) is 16.1. The molecule has 0 unspecified atom stereocenters. The quantitative estimate of drug-likeness (QED) is 0.443. The van der Waals surface area contributed by atoms with Gasteiger partial charge in [-0.05, 0) is 48.0 Å². The highest BCUT2D eigenvalue weighted by atomic mass is 19.4. The van der Waals surface area contributed by atoms with Crippen LogP contribution in [0.1, 0.15) is 21.6 Å². The molecule has 0 aliphatic carbocycles. The molecule has 0 radical (unpaired) electrons. The van der Waals surface area contributed by atoms with Gasteiger partial charge in [0.1, 0.15) is 5.82 Å². The topological polar surface area (TPSA) is 76.0 Å². The van der Waals surface area contributed by atoms with E-state index >= 15 is 0 Å². The van der Waals surface area contributed by atoms with Crippen LogP contribution in [0.2, 0.25) is 0 Å². The molecule has 3 aromatic rings. The van der Waals surface area contributed by atoms with Gasteiger partial charge in [0.25, 0.3) is 5.91 Å². The van der Waals surface area contributed by atoms with E-state index in [0.717, 1.165) is 10.7 Å². The van der Waals surface area contributed by atoms with Crippen LogP contribution < -0.4 is 10.6 Å². The van der Waals surface area contributed by atoms with E-state index in [9.17, 15) is 27.2 Å². The number of carbonyl (C=O) groups is 2. The Morgan fingerprint density at radius 3 is 2.16 bits per heavy atom. The first-order valence-electron chi connectivity index (χ1n) is 9.25. The number of hydrogen-bond donors (Lipinski definition) is 2. The lowest BCUT2D eigenvalue weighted by Gasteiger charge is -2.08. The van der Waals surface area contributed by atoms with Crippen LogP contribution >= 0.6 is 0 Å². The first-order valence-corrected chi connectivity index (χ1v) is 9.25. The van der Waals surface area contributed by atoms with Gasteiger partial charge in [-0.2, -0.15) is 18.3 Å². The fourth-order valence-electron chi connectivity index (χ4n) is 2.71. The van der Waals surface area contributed by atoms with E-state index in [-0.39, 0.29) is 31.2 Å². The summed E-state index contributed by atoms with van der Waals surface area (Å²) in [6.45, 7) is 0.390. The lowest BCUT2D eigenvalue weighted by atomic mass is 10.1. The fraction of sp³-hybridized carbons (Fsp3) is 0.190. The molecule has 6 nitrogen and oxygen atoms in total. The third kappa shape index (κ3) is 6.14. The van der Waals surface area contributed by atoms with Crippen LogP contribution in [-0.2, 0) is 17.4 Å². The molecule has 1 aromatic heterocycles. The van der Waals surface area contributed by atoms with Crippen molar-refractivity contribution in [2.45, 2.75) is 12.6 Å². The second-order valence-corrected chi connectivity index (χ2v) is 6.60. The molecule has 31 heavy (non-hydrogen) atoms. The summed E-state index contributed by atoms with van der Waals surface area (Å²) < 4.78 is 51.8. The summed E-state index contributed by atoms with van der Waals surface area (Å²) >= 11 is 0. The molecule has 0 saturated carbocycles. The Morgan fingerprint density at radius 2 is 1.55 bits per heavy atom. The van der Waals surface area contributed by atoms with Crippen molar-refractivity contribution in [3.05, 3.63) is 83.4 Å². The van der Waals surface area contributed by atoms with E-state index in [4.69, 9.17) is 0 Å². The summed E-state index contributed by atoms with van der Waals surface area (Å²) in [6.07, 6.45) is -3.24. The summed E-state index contributed by atoms with van der Waals surface area (Å²) in [4.78, 5) is 24.0. The molecule has 0 atom stereocenters. The van der Waals surface area contributed by atoms with Gasteiger partial charge in [-0.25, -0.2) is 9.07 Å². The van der Waals surface area contributed by atoms with Crippen molar-refractivity contribution in [2.24, 2.45) is 0 Å². The average Bonchev–Trinajstić information content (AvgIpc) is 3.24. The number of hydrogen-bond acceptors (Lipinski definition) is 3. The van der Waals surface area contributed by atoms with E-state index in [1.54, 1.807) is 0 Å². The number of benzene rings is 2. The van der Waals surface area contributed by atoms with E-state index in [1.807, 2.05) is 0 Å². The normalized spacial score (nSPS) is 11.2. The van der Waals surface area contributed by atoms with Gasteiger partial charge in [0.2, 0.25) is 5.91 Å². The average molecular weight is 434 g/mol. The van der Waals surface area contributed by atoms with Gasteiger partial charge >= 0.3 is 6.18 Å². The Hall–Kier alpha value is -3.69. The van der Waals surface area contributed by atoms with Gasteiger partial charge in [-0.15, -0.1) is 0 Å². The second-order valence-electron chi connectivity index (χ2n) is 6.60. The first kappa shape index (κ1) is 22.0. The molecule has 0 spiro atoms.